The highest BCUT2D eigenvalue weighted by Gasteiger charge is 2.22. The quantitative estimate of drug-likeness (QED) is 0.362. The molecule has 0 aromatic carbocycles. The smallest absolute Gasteiger partial charge is 0.185 e. The first-order valence-corrected chi connectivity index (χ1v) is 9.70. The van der Waals surface area contributed by atoms with E-state index in [1.54, 1.807) is 0 Å². The van der Waals surface area contributed by atoms with Crippen molar-refractivity contribution >= 4 is 17.9 Å². The van der Waals surface area contributed by atoms with Gasteiger partial charge in [-0.25, -0.2) is 0 Å². The van der Waals surface area contributed by atoms with Crippen molar-refractivity contribution in [2.24, 2.45) is 0 Å². The van der Waals surface area contributed by atoms with Gasteiger partial charge in [0.15, 0.2) is 5.78 Å². The predicted molar refractivity (Wildman–Crippen MR) is 116 cm³/mol. The summed E-state index contributed by atoms with van der Waals surface area (Å²) in [6, 6.07) is 29.4. The number of rotatable bonds is 2. The molecule has 0 bridgehead atoms. The molecule has 0 saturated heterocycles. The summed E-state index contributed by atoms with van der Waals surface area (Å²) in [5, 5.41) is 0. The van der Waals surface area contributed by atoms with Crippen molar-refractivity contribution in [3.05, 3.63) is 107 Å². The Morgan fingerprint density at radius 1 is 0.500 bits per heavy atom. The molecule has 5 aliphatic carbocycles. The van der Waals surface area contributed by atoms with E-state index in [0.717, 1.165) is 35.1 Å². The molecule has 0 aromatic heterocycles. The van der Waals surface area contributed by atoms with Gasteiger partial charge in [0.25, 0.3) is 0 Å². The second-order valence-corrected chi connectivity index (χ2v) is 7.37. The maximum absolute atomic E-state index is 12.9. The molecule has 0 spiro atoms. The summed E-state index contributed by atoms with van der Waals surface area (Å²) in [6.07, 6.45) is 5.70. The number of allylic oxidation sites excluding steroid dienone is 2. The highest BCUT2D eigenvalue weighted by molar-refractivity contribution is 6.15. The molecule has 0 N–H and O–H groups in total. The lowest BCUT2D eigenvalue weighted by Crippen LogP contribution is -1.95. The number of ketones is 1. The SMILES string of the molecule is O=C1/C(=C\c2ccc3cccc-3cc2)CC/C1=C\c1ccc2cccc-2cc1. The Balaban J connectivity index is 1.44. The van der Waals surface area contributed by atoms with Crippen LogP contribution in [-0.4, -0.2) is 5.78 Å². The molecule has 5 rings (SSSR count). The van der Waals surface area contributed by atoms with Crippen LogP contribution in [0.1, 0.15) is 24.0 Å². The van der Waals surface area contributed by atoms with Crippen LogP contribution in [0.2, 0.25) is 0 Å². The molecule has 0 unspecified atom stereocenters. The summed E-state index contributed by atoms with van der Waals surface area (Å²) in [5.41, 5.74) is 8.83. The largest absolute Gasteiger partial charge is 0.289 e. The summed E-state index contributed by atoms with van der Waals surface area (Å²) >= 11 is 0. The van der Waals surface area contributed by atoms with E-state index in [1.165, 1.54) is 22.3 Å². The van der Waals surface area contributed by atoms with Gasteiger partial charge < -0.3 is 0 Å². The predicted octanol–water partition coefficient (Wildman–Crippen LogP) is 6.73. The van der Waals surface area contributed by atoms with Gasteiger partial charge in [0.05, 0.1) is 0 Å². The minimum Gasteiger partial charge on any atom is -0.289 e. The van der Waals surface area contributed by atoms with E-state index in [4.69, 9.17) is 0 Å². The third-order valence-electron chi connectivity index (χ3n) is 5.52. The standard InChI is InChI=1S/C27H20O/c28-27-25(17-19-7-11-21-3-1-4-22(21)12-8-19)15-16-26(27)18-20-9-13-23-5-2-6-24(23)14-10-20/h1-14,17-18H,15-16H2/b25-17-,26-18+. The number of Topliss-reactive ketones (excluding diaryl/α,β-unsaturated/α-hetero) is 1. The molecule has 0 heterocycles. The molecule has 0 aromatic rings. The van der Waals surface area contributed by atoms with Crippen LogP contribution in [0.25, 0.3) is 34.4 Å². The molecular formula is C27H20O. The van der Waals surface area contributed by atoms with E-state index in [0.29, 0.717) is 0 Å². The number of hydrogen-bond acceptors (Lipinski definition) is 1. The first kappa shape index (κ1) is 16.7. The van der Waals surface area contributed by atoms with Crippen molar-refractivity contribution in [2.45, 2.75) is 12.8 Å². The monoisotopic (exact) mass is 360 g/mol. The number of carbonyl (C=O) groups is 1. The molecule has 134 valence electrons. The van der Waals surface area contributed by atoms with Gasteiger partial charge >= 0.3 is 0 Å². The molecule has 0 atom stereocenters. The Morgan fingerprint density at radius 3 is 1.21 bits per heavy atom. The Hall–Kier alpha value is -3.45. The summed E-state index contributed by atoms with van der Waals surface area (Å²) in [6.45, 7) is 0. The van der Waals surface area contributed by atoms with Crippen LogP contribution < -0.4 is 0 Å². The van der Waals surface area contributed by atoms with Crippen LogP contribution >= 0.6 is 0 Å². The first-order valence-electron chi connectivity index (χ1n) is 9.70. The van der Waals surface area contributed by atoms with Gasteiger partial charge in [-0.05, 0) is 58.4 Å². The zero-order valence-electron chi connectivity index (χ0n) is 15.6. The average molecular weight is 360 g/mol. The molecule has 1 fully saturated rings. The average Bonchev–Trinajstić information content (AvgIpc) is 3.36. The summed E-state index contributed by atoms with van der Waals surface area (Å²) in [4.78, 5) is 12.9. The molecule has 1 heteroatoms. The normalized spacial score (nSPS) is 17.2. The van der Waals surface area contributed by atoms with Crippen LogP contribution in [0.15, 0.2) is 96.1 Å². The van der Waals surface area contributed by atoms with Crippen LogP contribution in [0.3, 0.4) is 0 Å². The lowest BCUT2D eigenvalue weighted by molar-refractivity contribution is -0.111. The summed E-state index contributed by atoms with van der Waals surface area (Å²) < 4.78 is 0. The van der Waals surface area contributed by atoms with Gasteiger partial charge in [0.1, 0.15) is 0 Å². The number of hydrogen-bond donors (Lipinski definition) is 0. The maximum Gasteiger partial charge on any atom is 0.185 e. The van der Waals surface area contributed by atoms with Crippen molar-refractivity contribution in [2.75, 3.05) is 0 Å². The maximum atomic E-state index is 12.9. The summed E-state index contributed by atoms with van der Waals surface area (Å²) in [7, 11) is 0. The van der Waals surface area contributed by atoms with Gasteiger partial charge in [0.2, 0.25) is 0 Å². The van der Waals surface area contributed by atoms with Gasteiger partial charge in [-0.2, -0.15) is 0 Å². The van der Waals surface area contributed by atoms with E-state index < -0.39 is 0 Å². The Bertz CT molecular complexity index is 1020. The van der Waals surface area contributed by atoms with Gasteiger partial charge in [-0.1, -0.05) is 84.9 Å². The molecule has 5 aliphatic rings. The van der Waals surface area contributed by atoms with Crippen molar-refractivity contribution in [1.29, 1.82) is 0 Å². The van der Waals surface area contributed by atoms with Gasteiger partial charge in [-0.15, -0.1) is 0 Å². The fourth-order valence-corrected chi connectivity index (χ4v) is 3.93. The zero-order valence-corrected chi connectivity index (χ0v) is 15.6. The zero-order chi connectivity index (χ0) is 18.9. The van der Waals surface area contributed by atoms with Crippen LogP contribution in [0.4, 0.5) is 0 Å². The number of fused-ring (bicyclic) bond motifs is 2. The molecular weight excluding hydrogens is 340 g/mol. The van der Waals surface area contributed by atoms with Gasteiger partial charge in [0, 0.05) is 11.1 Å². The molecule has 0 amide bonds. The van der Waals surface area contributed by atoms with Crippen molar-refractivity contribution in [1.82, 2.24) is 0 Å². The van der Waals surface area contributed by atoms with Crippen molar-refractivity contribution in [3.8, 4) is 22.3 Å². The summed E-state index contributed by atoms with van der Waals surface area (Å²) in [5.74, 6) is 0.177. The Labute approximate surface area is 165 Å². The second-order valence-electron chi connectivity index (χ2n) is 7.37. The highest BCUT2D eigenvalue weighted by atomic mass is 16.1. The fourth-order valence-electron chi connectivity index (χ4n) is 3.93. The lowest BCUT2D eigenvalue weighted by atomic mass is 10.1. The van der Waals surface area contributed by atoms with E-state index in [2.05, 4.69) is 84.9 Å². The minimum absolute atomic E-state index is 0.177. The molecule has 28 heavy (non-hydrogen) atoms. The molecule has 1 saturated carbocycles. The van der Waals surface area contributed by atoms with E-state index >= 15 is 0 Å². The van der Waals surface area contributed by atoms with Crippen LogP contribution in [-0.2, 0) is 4.79 Å². The molecule has 0 aliphatic heterocycles. The fraction of sp³-hybridized carbons (Fsp3) is 0.0741. The topological polar surface area (TPSA) is 17.1 Å². The lowest BCUT2D eigenvalue weighted by Gasteiger charge is -1.95. The van der Waals surface area contributed by atoms with E-state index in [9.17, 15) is 4.79 Å². The Kier molecular flexibility index (Phi) is 4.14. The van der Waals surface area contributed by atoms with Gasteiger partial charge in [-0.3, -0.25) is 4.79 Å². The third-order valence-corrected chi connectivity index (χ3v) is 5.52. The molecule has 1 nitrogen and oxygen atoms in total. The van der Waals surface area contributed by atoms with Crippen molar-refractivity contribution < 1.29 is 4.79 Å². The first-order chi connectivity index (χ1) is 13.8. The van der Waals surface area contributed by atoms with Crippen LogP contribution in [0, 0.1) is 0 Å². The van der Waals surface area contributed by atoms with E-state index in [-0.39, 0.29) is 5.78 Å². The molecule has 0 radical (unpaired) electrons. The Morgan fingerprint density at radius 2 is 0.857 bits per heavy atom. The van der Waals surface area contributed by atoms with Crippen LogP contribution in [0.5, 0.6) is 0 Å². The minimum atomic E-state index is 0.177. The number of carbonyl (C=O) groups excluding carboxylic acids is 1. The van der Waals surface area contributed by atoms with Crippen molar-refractivity contribution in [3.63, 3.8) is 0 Å². The van der Waals surface area contributed by atoms with E-state index in [1.807, 2.05) is 12.2 Å². The highest BCUT2D eigenvalue weighted by Crippen LogP contribution is 2.31. The third kappa shape index (κ3) is 3.16. The second kappa shape index (κ2) is 6.94.